The van der Waals surface area contributed by atoms with E-state index in [1.54, 1.807) is 35.4 Å². The minimum atomic E-state index is -0.588. The largest absolute Gasteiger partial charge is 0.352 e. The molecule has 2 unspecified atom stereocenters. The van der Waals surface area contributed by atoms with Crippen molar-refractivity contribution in [2.75, 3.05) is 13.1 Å². The Labute approximate surface area is 223 Å². The average molecular weight is 523 g/mol. The van der Waals surface area contributed by atoms with Gasteiger partial charge in [0.1, 0.15) is 6.04 Å². The number of nitrogens with two attached hydrogens (primary N) is 1. The summed E-state index contributed by atoms with van der Waals surface area (Å²) >= 11 is 0. The molecule has 1 aromatic heterocycles. The van der Waals surface area contributed by atoms with Crippen LogP contribution in [-0.4, -0.2) is 68.8 Å². The number of pyridine rings is 1. The third-order valence-electron chi connectivity index (χ3n) is 7.52. The first-order chi connectivity index (χ1) is 18.2. The van der Waals surface area contributed by atoms with Crippen LogP contribution in [0.2, 0.25) is 0 Å². The highest BCUT2D eigenvalue weighted by Gasteiger charge is 2.42. The van der Waals surface area contributed by atoms with Gasteiger partial charge in [0.15, 0.2) is 0 Å². The molecule has 10 nitrogen and oxygen atoms in total. The lowest BCUT2D eigenvalue weighted by Gasteiger charge is -2.30. The molecule has 1 aliphatic carbocycles. The molecule has 1 saturated carbocycles. The second-order valence-electron chi connectivity index (χ2n) is 11.0. The summed E-state index contributed by atoms with van der Waals surface area (Å²) in [6, 6.07) is 9.66. The van der Waals surface area contributed by atoms with Gasteiger partial charge in [-0.3, -0.25) is 29.6 Å². The summed E-state index contributed by atoms with van der Waals surface area (Å²) in [6.45, 7) is 6.03. The zero-order valence-corrected chi connectivity index (χ0v) is 22.2. The Bertz CT molecular complexity index is 1100. The van der Waals surface area contributed by atoms with Crippen LogP contribution in [0.3, 0.4) is 0 Å². The number of nitrogens with one attached hydrogen (secondary N) is 1. The fourth-order valence-corrected chi connectivity index (χ4v) is 5.54. The number of non-ortho nitro benzene ring substituents is 1. The number of nitro benzene ring substituents is 1. The standard InChI is InChI=1S/C28H38N6O4/c1-19(2)16-32(17-20-5-11-24(12-6-20)34(37)38)25-14-26(27(35)31-23-9-7-22(29)8-10-23)33(18-25)28(36)21-4-3-13-30-15-21/h3-6,11-13,15,19,22-23,25-26H,7-10,14,16-18,29H2,1-2H3,(H,31,35). The summed E-state index contributed by atoms with van der Waals surface area (Å²) in [5, 5.41) is 14.3. The number of carbonyl (C=O) groups is 2. The predicted octanol–water partition coefficient (Wildman–Crippen LogP) is 3.12. The van der Waals surface area contributed by atoms with Gasteiger partial charge in [0, 0.05) is 62.3 Å². The fourth-order valence-electron chi connectivity index (χ4n) is 5.54. The van der Waals surface area contributed by atoms with E-state index in [-0.39, 0.29) is 35.6 Å². The van der Waals surface area contributed by atoms with E-state index >= 15 is 0 Å². The molecule has 2 atom stereocenters. The van der Waals surface area contributed by atoms with Crippen molar-refractivity contribution in [2.45, 2.75) is 76.7 Å². The second kappa shape index (κ2) is 12.4. The number of benzene rings is 1. The van der Waals surface area contributed by atoms with E-state index in [0.29, 0.717) is 31.0 Å². The van der Waals surface area contributed by atoms with Gasteiger partial charge in [0.05, 0.1) is 10.5 Å². The number of rotatable bonds is 9. The van der Waals surface area contributed by atoms with E-state index < -0.39 is 11.0 Å². The maximum atomic E-state index is 13.6. The van der Waals surface area contributed by atoms with Crippen LogP contribution >= 0.6 is 0 Å². The van der Waals surface area contributed by atoms with Crippen molar-refractivity contribution in [1.29, 1.82) is 0 Å². The topological polar surface area (TPSA) is 135 Å². The lowest BCUT2D eigenvalue weighted by Crippen LogP contribution is -2.50. The second-order valence-corrected chi connectivity index (χ2v) is 11.0. The molecule has 0 radical (unpaired) electrons. The van der Waals surface area contributed by atoms with Gasteiger partial charge in [-0.25, -0.2) is 0 Å². The summed E-state index contributed by atoms with van der Waals surface area (Å²) in [5.74, 6) is 0.0335. The van der Waals surface area contributed by atoms with Crippen molar-refractivity contribution >= 4 is 17.5 Å². The van der Waals surface area contributed by atoms with E-state index in [1.165, 1.54) is 18.3 Å². The Morgan fingerprint density at radius 3 is 2.50 bits per heavy atom. The molecule has 2 aromatic rings. The number of likely N-dealkylation sites (tertiary alicyclic amines) is 1. The molecule has 10 heteroatoms. The van der Waals surface area contributed by atoms with Gasteiger partial charge < -0.3 is 16.0 Å². The summed E-state index contributed by atoms with van der Waals surface area (Å²) in [4.78, 5) is 45.9. The van der Waals surface area contributed by atoms with Crippen LogP contribution in [0.15, 0.2) is 48.8 Å². The summed E-state index contributed by atoms with van der Waals surface area (Å²) in [6.07, 6.45) is 7.14. The number of nitrogens with zero attached hydrogens (tertiary/aromatic N) is 4. The molecule has 2 heterocycles. The molecule has 2 fully saturated rings. The van der Waals surface area contributed by atoms with Gasteiger partial charge in [-0.1, -0.05) is 26.0 Å². The van der Waals surface area contributed by atoms with Gasteiger partial charge in [-0.15, -0.1) is 0 Å². The van der Waals surface area contributed by atoms with Crippen molar-refractivity contribution in [3.8, 4) is 0 Å². The molecule has 2 aliphatic rings. The Kier molecular flexibility index (Phi) is 9.06. The van der Waals surface area contributed by atoms with Crippen LogP contribution in [-0.2, 0) is 11.3 Å². The van der Waals surface area contributed by atoms with Crippen LogP contribution < -0.4 is 11.1 Å². The maximum absolute atomic E-state index is 13.6. The van der Waals surface area contributed by atoms with Gasteiger partial charge in [0.25, 0.3) is 11.6 Å². The Balaban J connectivity index is 1.55. The number of amides is 2. The third-order valence-corrected chi connectivity index (χ3v) is 7.52. The number of nitro groups is 1. The van der Waals surface area contributed by atoms with E-state index in [9.17, 15) is 19.7 Å². The molecule has 1 saturated heterocycles. The minimum Gasteiger partial charge on any atom is -0.352 e. The van der Waals surface area contributed by atoms with E-state index in [2.05, 4.69) is 29.0 Å². The van der Waals surface area contributed by atoms with E-state index in [0.717, 1.165) is 37.8 Å². The number of hydrogen-bond acceptors (Lipinski definition) is 7. The minimum absolute atomic E-state index is 0.0382. The van der Waals surface area contributed by atoms with Crippen molar-refractivity contribution in [2.24, 2.45) is 11.7 Å². The average Bonchev–Trinajstić information content (AvgIpc) is 3.35. The van der Waals surface area contributed by atoms with Gasteiger partial charge in [-0.2, -0.15) is 0 Å². The van der Waals surface area contributed by atoms with Crippen LogP contribution in [0.1, 0.15) is 61.9 Å². The zero-order chi connectivity index (χ0) is 27.2. The van der Waals surface area contributed by atoms with Gasteiger partial charge in [0.2, 0.25) is 5.91 Å². The van der Waals surface area contributed by atoms with Crippen molar-refractivity contribution < 1.29 is 14.5 Å². The molecular formula is C28H38N6O4. The number of aromatic nitrogens is 1. The van der Waals surface area contributed by atoms with Crippen LogP contribution in [0.5, 0.6) is 0 Å². The Morgan fingerprint density at radius 1 is 1.18 bits per heavy atom. The smallest absolute Gasteiger partial charge is 0.269 e. The number of carbonyl (C=O) groups excluding carboxylic acids is 2. The van der Waals surface area contributed by atoms with Crippen LogP contribution in [0.4, 0.5) is 5.69 Å². The normalized spacial score (nSPS) is 23.6. The van der Waals surface area contributed by atoms with E-state index in [1.807, 2.05) is 0 Å². The van der Waals surface area contributed by atoms with Crippen LogP contribution in [0, 0.1) is 16.0 Å². The summed E-state index contributed by atoms with van der Waals surface area (Å²) in [5.41, 5.74) is 7.51. The molecule has 4 rings (SSSR count). The first-order valence-electron chi connectivity index (χ1n) is 13.5. The molecule has 0 spiro atoms. The predicted molar refractivity (Wildman–Crippen MR) is 144 cm³/mol. The molecule has 0 bridgehead atoms. The molecule has 2 amide bonds. The first kappa shape index (κ1) is 27.7. The molecule has 1 aliphatic heterocycles. The zero-order valence-electron chi connectivity index (χ0n) is 22.2. The maximum Gasteiger partial charge on any atom is 0.269 e. The Morgan fingerprint density at radius 2 is 1.89 bits per heavy atom. The van der Waals surface area contributed by atoms with Gasteiger partial charge in [-0.05, 0) is 55.7 Å². The molecule has 3 N–H and O–H groups in total. The van der Waals surface area contributed by atoms with E-state index in [4.69, 9.17) is 5.73 Å². The summed E-state index contributed by atoms with van der Waals surface area (Å²) < 4.78 is 0. The first-order valence-corrected chi connectivity index (χ1v) is 13.5. The third kappa shape index (κ3) is 6.93. The number of hydrogen-bond donors (Lipinski definition) is 2. The van der Waals surface area contributed by atoms with Crippen molar-refractivity contribution in [1.82, 2.24) is 20.1 Å². The highest BCUT2D eigenvalue weighted by atomic mass is 16.6. The molecular weight excluding hydrogens is 484 g/mol. The summed E-state index contributed by atoms with van der Waals surface area (Å²) in [7, 11) is 0. The van der Waals surface area contributed by atoms with Gasteiger partial charge >= 0.3 is 0 Å². The van der Waals surface area contributed by atoms with Crippen molar-refractivity contribution in [3.05, 3.63) is 70.0 Å². The molecule has 38 heavy (non-hydrogen) atoms. The lowest BCUT2D eigenvalue weighted by molar-refractivity contribution is -0.384. The SMILES string of the molecule is CC(C)CN(Cc1ccc([N+](=O)[O-])cc1)C1CC(C(=O)NC2CCC(N)CC2)N(C(=O)c2cccnc2)C1. The molecule has 204 valence electrons. The fraction of sp³-hybridized carbons (Fsp3) is 0.536. The van der Waals surface area contributed by atoms with Crippen LogP contribution in [0.25, 0.3) is 0 Å². The monoisotopic (exact) mass is 522 g/mol. The highest BCUT2D eigenvalue weighted by molar-refractivity contribution is 5.97. The Hall–Kier alpha value is -3.37. The quantitative estimate of drug-likeness (QED) is 0.382. The lowest BCUT2D eigenvalue weighted by atomic mass is 9.91. The van der Waals surface area contributed by atoms with Crippen molar-refractivity contribution in [3.63, 3.8) is 0 Å². The highest BCUT2D eigenvalue weighted by Crippen LogP contribution is 2.28. The molecule has 1 aromatic carbocycles.